The van der Waals surface area contributed by atoms with Gasteiger partial charge in [0.2, 0.25) is 0 Å². The van der Waals surface area contributed by atoms with E-state index in [1.54, 1.807) is 18.2 Å². The van der Waals surface area contributed by atoms with Crippen molar-refractivity contribution < 1.29 is 9.53 Å². The zero-order chi connectivity index (χ0) is 18.8. The topological polar surface area (TPSA) is 47.4 Å². The van der Waals surface area contributed by atoms with Crippen molar-refractivity contribution in [1.29, 1.82) is 0 Å². The number of fused-ring (bicyclic) bond motifs is 1. The number of amides is 1. The van der Waals surface area contributed by atoms with E-state index in [0.29, 0.717) is 41.9 Å². The van der Waals surface area contributed by atoms with Crippen LogP contribution in [-0.4, -0.2) is 33.5 Å². The quantitative estimate of drug-likeness (QED) is 0.787. The van der Waals surface area contributed by atoms with Crippen molar-refractivity contribution in [3.05, 3.63) is 46.0 Å². The molecule has 0 N–H and O–H groups in total. The van der Waals surface area contributed by atoms with Crippen LogP contribution in [0.4, 0.5) is 0 Å². The van der Waals surface area contributed by atoms with E-state index in [2.05, 4.69) is 25.5 Å². The number of hydrogen-bond donors (Lipinski definition) is 0. The molecule has 1 aliphatic heterocycles. The second-order valence-electron chi connectivity index (χ2n) is 7.04. The molecular weight excluding hydrogens is 350 g/mol. The van der Waals surface area contributed by atoms with E-state index >= 15 is 0 Å². The Balaban J connectivity index is 1.86. The molecule has 26 heavy (non-hydrogen) atoms. The van der Waals surface area contributed by atoms with Crippen molar-refractivity contribution in [1.82, 2.24) is 14.5 Å². The van der Waals surface area contributed by atoms with E-state index in [1.807, 2.05) is 11.8 Å². The van der Waals surface area contributed by atoms with Crippen LogP contribution in [0.5, 0.6) is 5.75 Å². The number of aromatic nitrogens is 2. The van der Waals surface area contributed by atoms with Crippen molar-refractivity contribution in [3.63, 3.8) is 0 Å². The molecule has 0 unspecified atom stereocenters. The van der Waals surface area contributed by atoms with Crippen LogP contribution in [0.2, 0.25) is 5.02 Å². The summed E-state index contributed by atoms with van der Waals surface area (Å²) in [5, 5.41) is 0.537. The zero-order valence-corrected chi connectivity index (χ0v) is 16.6. The van der Waals surface area contributed by atoms with Gasteiger partial charge in [0.25, 0.3) is 5.91 Å². The molecule has 0 bridgehead atoms. The first-order valence-electron chi connectivity index (χ1n) is 9.18. The maximum Gasteiger partial charge on any atom is 0.258 e. The lowest BCUT2D eigenvalue weighted by atomic mass is 10.1. The predicted molar refractivity (Wildman–Crippen MR) is 103 cm³/mol. The van der Waals surface area contributed by atoms with E-state index < -0.39 is 0 Å². The smallest absolute Gasteiger partial charge is 0.258 e. The maximum atomic E-state index is 13.1. The van der Waals surface area contributed by atoms with Crippen molar-refractivity contribution >= 4 is 17.5 Å². The van der Waals surface area contributed by atoms with E-state index in [4.69, 9.17) is 21.3 Å². The number of hydrogen-bond acceptors (Lipinski definition) is 3. The van der Waals surface area contributed by atoms with Crippen molar-refractivity contribution in [2.45, 2.75) is 46.1 Å². The van der Waals surface area contributed by atoms with Crippen LogP contribution in [0.1, 0.15) is 60.7 Å². The third-order valence-corrected chi connectivity index (χ3v) is 4.96. The highest BCUT2D eigenvalue weighted by Gasteiger charge is 2.28. The molecule has 0 atom stereocenters. The van der Waals surface area contributed by atoms with Crippen LogP contribution in [0, 0.1) is 0 Å². The van der Waals surface area contributed by atoms with Gasteiger partial charge in [-0.25, -0.2) is 4.98 Å². The van der Waals surface area contributed by atoms with Gasteiger partial charge in [0.1, 0.15) is 11.6 Å². The Hall–Kier alpha value is -2.01. The summed E-state index contributed by atoms with van der Waals surface area (Å²) in [6.45, 7) is 8.08. The van der Waals surface area contributed by atoms with Gasteiger partial charge in [-0.1, -0.05) is 32.4 Å². The minimum atomic E-state index is -0.0546. The number of imidazole rings is 1. The molecule has 0 fully saturated rings. The van der Waals surface area contributed by atoms with Crippen LogP contribution in [-0.2, 0) is 20.0 Å². The summed E-state index contributed by atoms with van der Waals surface area (Å²) in [5.41, 5.74) is 2.74. The lowest BCUT2D eigenvalue weighted by Crippen LogP contribution is -2.36. The minimum Gasteiger partial charge on any atom is -0.493 e. The number of nitrogens with zero attached hydrogens (tertiary/aromatic N) is 3. The summed E-state index contributed by atoms with van der Waals surface area (Å²) >= 11 is 6.13. The molecule has 1 aromatic carbocycles. The largest absolute Gasteiger partial charge is 0.493 e. The molecule has 2 heterocycles. The molecule has 1 aliphatic rings. The van der Waals surface area contributed by atoms with Gasteiger partial charge >= 0.3 is 0 Å². The molecule has 5 nitrogen and oxygen atoms in total. The number of carbonyl (C=O) groups excluding carboxylic acids is 1. The number of carbonyl (C=O) groups is 1. The average molecular weight is 376 g/mol. The summed E-state index contributed by atoms with van der Waals surface area (Å²) < 4.78 is 7.93. The fourth-order valence-electron chi connectivity index (χ4n) is 3.42. The summed E-state index contributed by atoms with van der Waals surface area (Å²) in [5.74, 6) is 1.97. The Bertz CT molecular complexity index is 814. The SMILES string of the molecule is CCCOc1ccc(Cl)cc1C(=O)N1CCc2c(nc(C(C)C)n2C)C1. The fourth-order valence-corrected chi connectivity index (χ4v) is 3.59. The van der Waals surface area contributed by atoms with Gasteiger partial charge in [0.15, 0.2) is 0 Å². The number of rotatable bonds is 5. The first-order valence-corrected chi connectivity index (χ1v) is 9.56. The van der Waals surface area contributed by atoms with E-state index in [1.165, 1.54) is 5.69 Å². The van der Waals surface area contributed by atoms with Crippen molar-refractivity contribution in [2.24, 2.45) is 7.05 Å². The van der Waals surface area contributed by atoms with Crippen LogP contribution < -0.4 is 4.74 Å². The highest BCUT2D eigenvalue weighted by atomic mass is 35.5. The summed E-state index contributed by atoms with van der Waals surface area (Å²) in [6.07, 6.45) is 1.69. The predicted octanol–water partition coefficient (Wildman–Crippen LogP) is 4.18. The Kier molecular flexibility index (Phi) is 5.56. The second kappa shape index (κ2) is 7.70. The summed E-state index contributed by atoms with van der Waals surface area (Å²) in [4.78, 5) is 19.7. The van der Waals surface area contributed by atoms with E-state index in [-0.39, 0.29) is 5.91 Å². The molecule has 0 spiro atoms. The highest BCUT2D eigenvalue weighted by Crippen LogP contribution is 2.28. The number of benzene rings is 1. The summed E-state index contributed by atoms with van der Waals surface area (Å²) in [6, 6.07) is 5.23. The first kappa shape index (κ1) is 18.8. The standard InChI is InChI=1S/C20H26ClN3O2/c1-5-10-26-18-7-6-14(21)11-15(18)20(25)24-9-8-17-16(12-24)22-19(13(2)3)23(17)4/h6-7,11,13H,5,8-10,12H2,1-4H3. The Morgan fingerprint density at radius 2 is 2.15 bits per heavy atom. The van der Waals surface area contributed by atoms with E-state index in [9.17, 15) is 4.79 Å². The zero-order valence-electron chi connectivity index (χ0n) is 15.9. The van der Waals surface area contributed by atoms with Gasteiger partial charge in [0, 0.05) is 36.6 Å². The Morgan fingerprint density at radius 3 is 2.85 bits per heavy atom. The molecule has 1 amide bonds. The molecule has 0 saturated heterocycles. The van der Waals surface area contributed by atoms with Gasteiger partial charge in [-0.15, -0.1) is 0 Å². The molecule has 3 rings (SSSR count). The van der Waals surface area contributed by atoms with Crippen LogP contribution in [0.3, 0.4) is 0 Å². The Labute approximate surface area is 159 Å². The normalized spacial score (nSPS) is 13.8. The molecular formula is C20H26ClN3O2. The van der Waals surface area contributed by atoms with Gasteiger partial charge < -0.3 is 14.2 Å². The van der Waals surface area contributed by atoms with Gasteiger partial charge in [0.05, 0.1) is 24.4 Å². The van der Waals surface area contributed by atoms with Gasteiger partial charge in [-0.3, -0.25) is 4.79 Å². The molecule has 0 radical (unpaired) electrons. The van der Waals surface area contributed by atoms with E-state index in [0.717, 1.165) is 24.4 Å². The number of halogens is 1. The third-order valence-electron chi connectivity index (χ3n) is 4.73. The van der Waals surface area contributed by atoms with Gasteiger partial charge in [-0.05, 0) is 24.6 Å². The first-order chi connectivity index (χ1) is 12.4. The maximum absolute atomic E-state index is 13.1. The molecule has 0 saturated carbocycles. The average Bonchev–Trinajstić information content (AvgIpc) is 2.96. The lowest BCUT2D eigenvalue weighted by molar-refractivity contribution is 0.0726. The third kappa shape index (κ3) is 3.58. The lowest BCUT2D eigenvalue weighted by Gasteiger charge is -2.27. The van der Waals surface area contributed by atoms with Crippen LogP contribution in [0.15, 0.2) is 18.2 Å². The fraction of sp³-hybridized carbons (Fsp3) is 0.500. The molecule has 140 valence electrons. The minimum absolute atomic E-state index is 0.0546. The van der Waals surface area contributed by atoms with Crippen molar-refractivity contribution in [3.8, 4) is 5.75 Å². The second-order valence-corrected chi connectivity index (χ2v) is 7.48. The molecule has 6 heteroatoms. The molecule has 0 aliphatic carbocycles. The molecule has 2 aromatic rings. The van der Waals surface area contributed by atoms with Crippen LogP contribution in [0.25, 0.3) is 0 Å². The van der Waals surface area contributed by atoms with Gasteiger partial charge in [-0.2, -0.15) is 0 Å². The number of ether oxygens (including phenoxy) is 1. The van der Waals surface area contributed by atoms with Crippen molar-refractivity contribution in [2.75, 3.05) is 13.2 Å². The molecule has 1 aromatic heterocycles. The summed E-state index contributed by atoms with van der Waals surface area (Å²) in [7, 11) is 2.06. The van der Waals surface area contributed by atoms with Crippen LogP contribution >= 0.6 is 11.6 Å². The Morgan fingerprint density at radius 1 is 1.38 bits per heavy atom. The monoisotopic (exact) mass is 375 g/mol. The highest BCUT2D eigenvalue weighted by molar-refractivity contribution is 6.31.